The zero-order valence-corrected chi connectivity index (χ0v) is 16.5. The van der Waals surface area contributed by atoms with Gasteiger partial charge in [-0.1, -0.05) is 61.5 Å². The van der Waals surface area contributed by atoms with Gasteiger partial charge in [0.2, 0.25) is 0 Å². The predicted octanol–water partition coefficient (Wildman–Crippen LogP) is 6.09. The minimum absolute atomic E-state index is 0.205. The molecule has 0 spiro atoms. The second-order valence-electron chi connectivity index (χ2n) is 7.79. The van der Waals surface area contributed by atoms with Crippen molar-refractivity contribution < 1.29 is 9.53 Å². The monoisotopic (exact) mass is 362 g/mol. The summed E-state index contributed by atoms with van der Waals surface area (Å²) >= 11 is 0. The van der Waals surface area contributed by atoms with E-state index in [9.17, 15) is 4.79 Å². The fraction of sp³-hybridized carbons (Fsp3) is 0.400. The minimum Gasteiger partial charge on any atom is -0.469 e. The summed E-state index contributed by atoms with van der Waals surface area (Å²) in [5, 5.41) is 0. The summed E-state index contributed by atoms with van der Waals surface area (Å²) in [7, 11) is 1.42. The number of hydrogen-bond acceptors (Lipinski definition) is 2. The Kier molecular flexibility index (Phi) is 6.15. The smallest absolute Gasteiger partial charge is 0.309 e. The first kappa shape index (κ1) is 19.4. The summed E-state index contributed by atoms with van der Waals surface area (Å²) < 4.78 is 4.73. The quantitative estimate of drug-likeness (QED) is 0.440. The van der Waals surface area contributed by atoms with Crippen LogP contribution in [-0.4, -0.2) is 13.1 Å². The van der Waals surface area contributed by atoms with Crippen LogP contribution in [0.1, 0.15) is 50.2 Å². The molecule has 2 heteroatoms. The molecule has 2 nitrogen and oxygen atoms in total. The number of hydrogen-bond donors (Lipinski definition) is 0. The van der Waals surface area contributed by atoms with E-state index in [1.54, 1.807) is 0 Å². The van der Waals surface area contributed by atoms with E-state index in [1.165, 1.54) is 49.5 Å². The number of methoxy groups -OCH3 is 1. The summed E-state index contributed by atoms with van der Waals surface area (Å²) in [6, 6.07) is 17.3. The maximum atomic E-state index is 11.4. The molecule has 1 fully saturated rings. The summed E-state index contributed by atoms with van der Waals surface area (Å²) in [5.41, 5.74) is 5.18. The van der Waals surface area contributed by atoms with Gasteiger partial charge in [0.25, 0.3) is 0 Å². The Morgan fingerprint density at radius 3 is 2.33 bits per heavy atom. The molecule has 2 unspecified atom stereocenters. The van der Waals surface area contributed by atoms with Crippen molar-refractivity contribution in [3.63, 3.8) is 0 Å². The Labute approximate surface area is 163 Å². The third-order valence-electron chi connectivity index (χ3n) is 6.25. The van der Waals surface area contributed by atoms with E-state index < -0.39 is 0 Å². The van der Waals surface area contributed by atoms with Gasteiger partial charge in [0, 0.05) is 0 Å². The van der Waals surface area contributed by atoms with Crippen LogP contribution in [0.3, 0.4) is 0 Å². The van der Waals surface area contributed by atoms with E-state index in [0.29, 0.717) is 11.8 Å². The van der Waals surface area contributed by atoms with Crippen LogP contribution < -0.4 is 0 Å². The third kappa shape index (κ3) is 4.32. The average molecular weight is 363 g/mol. The lowest BCUT2D eigenvalue weighted by Gasteiger charge is -2.29. The van der Waals surface area contributed by atoms with Crippen LogP contribution in [0.5, 0.6) is 0 Å². The standard InChI is InChI=1S/C25H30O2/c1-4-6-20-15-16-25(5-2,18-20)23-13-11-22(12-14-23)21-9-7-19(8-10-21)17-24(26)27-3/h4,7-14,20H,1,5-6,15-18H2,2-3H3. The van der Waals surface area contributed by atoms with Crippen molar-refractivity contribution in [2.24, 2.45) is 5.92 Å². The molecule has 1 saturated carbocycles. The summed E-state index contributed by atoms with van der Waals surface area (Å²) in [5.74, 6) is 0.577. The van der Waals surface area contributed by atoms with E-state index >= 15 is 0 Å². The first-order chi connectivity index (χ1) is 13.1. The normalized spacial score (nSPS) is 21.8. The van der Waals surface area contributed by atoms with Gasteiger partial charge in [-0.25, -0.2) is 0 Å². The van der Waals surface area contributed by atoms with Gasteiger partial charge in [-0.05, 0) is 65.7 Å². The summed E-state index contributed by atoms with van der Waals surface area (Å²) in [6.45, 7) is 6.24. The van der Waals surface area contributed by atoms with Gasteiger partial charge in [0.15, 0.2) is 0 Å². The molecule has 0 aliphatic heterocycles. The Balaban J connectivity index is 1.75. The number of carbonyl (C=O) groups is 1. The second kappa shape index (κ2) is 8.56. The topological polar surface area (TPSA) is 26.3 Å². The number of allylic oxidation sites excluding steroid dienone is 1. The SMILES string of the molecule is C=CCC1CCC(CC)(c2ccc(-c3ccc(CC(=O)OC)cc3)cc2)C1. The molecule has 1 aliphatic carbocycles. The van der Waals surface area contributed by atoms with Crippen LogP contribution in [0.15, 0.2) is 61.2 Å². The van der Waals surface area contributed by atoms with Crippen molar-refractivity contribution in [2.75, 3.05) is 7.11 Å². The molecule has 1 aliphatic rings. The van der Waals surface area contributed by atoms with Crippen LogP contribution >= 0.6 is 0 Å². The Morgan fingerprint density at radius 2 is 1.78 bits per heavy atom. The zero-order chi connectivity index (χ0) is 19.3. The van der Waals surface area contributed by atoms with Gasteiger partial charge < -0.3 is 4.74 Å². The molecule has 2 aromatic carbocycles. The maximum absolute atomic E-state index is 11.4. The fourth-order valence-corrected chi connectivity index (χ4v) is 4.53. The van der Waals surface area contributed by atoms with Crippen LogP contribution in [0, 0.1) is 5.92 Å². The van der Waals surface area contributed by atoms with Gasteiger partial charge in [-0.3, -0.25) is 4.79 Å². The lowest BCUT2D eigenvalue weighted by molar-refractivity contribution is -0.139. The molecule has 0 heterocycles. The number of ether oxygens (including phenoxy) is 1. The fourth-order valence-electron chi connectivity index (χ4n) is 4.53. The molecule has 2 atom stereocenters. The highest BCUT2D eigenvalue weighted by atomic mass is 16.5. The number of benzene rings is 2. The molecule has 0 amide bonds. The largest absolute Gasteiger partial charge is 0.469 e. The van der Waals surface area contributed by atoms with E-state index in [1.807, 2.05) is 12.1 Å². The van der Waals surface area contributed by atoms with Gasteiger partial charge in [-0.2, -0.15) is 0 Å². The first-order valence-electron chi connectivity index (χ1n) is 9.98. The van der Waals surface area contributed by atoms with Crippen LogP contribution in [0.25, 0.3) is 11.1 Å². The van der Waals surface area contributed by atoms with Crippen LogP contribution in [-0.2, 0) is 21.4 Å². The molecular formula is C25H30O2. The number of rotatable bonds is 7. The molecule has 0 saturated heterocycles. The van der Waals surface area contributed by atoms with Gasteiger partial charge >= 0.3 is 5.97 Å². The second-order valence-corrected chi connectivity index (χ2v) is 7.79. The molecule has 142 valence electrons. The number of esters is 1. The van der Waals surface area contributed by atoms with E-state index in [2.05, 4.69) is 56.0 Å². The highest BCUT2D eigenvalue weighted by Crippen LogP contribution is 2.47. The van der Waals surface area contributed by atoms with Crippen LogP contribution in [0.2, 0.25) is 0 Å². The highest BCUT2D eigenvalue weighted by molar-refractivity contribution is 5.73. The molecular weight excluding hydrogens is 332 g/mol. The Hall–Kier alpha value is -2.35. The van der Waals surface area contributed by atoms with Crippen molar-refractivity contribution in [1.29, 1.82) is 0 Å². The summed E-state index contributed by atoms with van der Waals surface area (Å²) in [4.78, 5) is 11.4. The van der Waals surface area contributed by atoms with Crippen molar-refractivity contribution >= 4 is 5.97 Å². The maximum Gasteiger partial charge on any atom is 0.309 e. The van der Waals surface area contributed by atoms with Crippen molar-refractivity contribution in [2.45, 2.75) is 50.9 Å². The number of carbonyl (C=O) groups excluding carboxylic acids is 1. The highest BCUT2D eigenvalue weighted by Gasteiger charge is 2.38. The average Bonchev–Trinajstić information content (AvgIpc) is 3.13. The lowest BCUT2D eigenvalue weighted by Crippen LogP contribution is -2.21. The predicted molar refractivity (Wildman–Crippen MR) is 112 cm³/mol. The van der Waals surface area contributed by atoms with Gasteiger partial charge in [0.1, 0.15) is 0 Å². The van der Waals surface area contributed by atoms with Gasteiger partial charge in [-0.15, -0.1) is 6.58 Å². The van der Waals surface area contributed by atoms with Crippen molar-refractivity contribution in [3.05, 3.63) is 72.3 Å². The molecule has 27 heavy (non-hydrogen) atoms. The van der Waals surface area contributed by atoms with Crippen LogP contribution in [0.4, 0.5) is 0 Å². The molecule has 0 N–H and O–H groups in total. The van der Waals surface area contributed by atoms with E-state index in [4.69, 9.17) is 4.74 Å². The first-order valence-corrected chi connectivity index (χ1v) is 9.98. The van der Waals surface area contributed by atoms with Gasteiger partial charge in [0.05, 0.1) is 13.5 Å². The molecule has 3 rings (SSSR count). The van der Waals surface area contributed by atoms with Crippen molar-refractivity contribution in [1.82, 2.24) is 0 Å². The van der Waals surface area contributed by atoms with Crippen molar-refractivity contribution in [3.8, 4) is 11.1 Å². The molecule has 0 radical (unpaired) electrons. The molecule has 2 aromatic rings. The Morgan fingerprint density at radius 1 is 1.15 bits per heavy atom. The minimum atomic E-state index is -0.205. The molecule has 0 aromatic heterocycles. The van der Waals surface area contributed by atoms with E-state index in [0.717, 1.165) is 17.9 Å². The zero-order valence-electron chi connectivity index (χ0n) is 16.5. The lowest BCUT2D eigenvalue weighted by atomic mass is 9.75. The molecule has 0 bridgehead atoms. The van der Waals surface area contributed by atoms with E-state index in [-0.39, 0.29) is 5.97 Å². The Bertz CT molecular complexity index is 773. The third-order valence-corrected chi connectivity index (χ3v) is 6.25. The summed E-state index contributed by atoms with van der Waals surface area (Å²) in [6.07, 6.45) is 8.59.